The first kappa shape index (κ1) is 17.7. The molecule has 24 heavy (non-hydrogen) atoms. The molecule has 2 N–H and O–H groups in total. The van der Waals surface area contributed by atoms with Gasteiger partial charge in [-0.2, -0.15) is 0 Å². The molecule has 0 atom stereocenters. The number of carbonyl (C=O) groups is 1. The number of benzene rings is 2. The monoisotopic (exact) mass is 345 g/mol. The molecule has 2 aromatic rings. The van der Waals surface area contributed by atoms with Gasteiger partial charge in [0.1, 0.15) is 4.99 Å². The highest BCUT2D eigenvalue weighted by molar-refractivity contribution is 7.81. The molecule has 0 unspecified atom stereocenters. The summed E-state index contributed by atoms with van der Waals surface area (Å²) < 4.78 is 9.98. The molecule has 126 valence electrons. The number of fused-ring (bicyclic) bond motifs is 1. The van der Waals surface area contributed by atoms with Crippen LogP contribution in [0, 0.1) is 0 Å². The van der Waals surface area contributed by atoms with E-state index in [-0.39, 0.29) is 23.8 Å². The fraction of sp³-hybridized carbons (Fsp3) is 0.222. The number of anilines is 1. The molecular weight excluding hydrogens is 326 g/mol. The highest BCUT2D eigenvalue weighted by Gasteiger charge is 2.23. The van der Waals surface area contributed by atoms with E-state index in [0.29, 0.717) is 0 Å². The maximum absolute atomic E-state index is 12.1. The van der Waals surface area contributed by atoms with Crippen molar-refractivity contribution in [3.8, 4) is 0 Å². The van der Waals surface area contributed by atoms with Gasteiger partial charge in [-0.3, -0.25) is 0 Å². The predicted octanol–water partition coefficient (Wildman–Crippen LogP) is 3.95. The van der Waals surface area contributed by atoms with Gasteiger partial charge in [-0.15, -0.1) is 0 Å². The van der Waals surface area contributed by atoms with E-state index in [1.54, 1.807) is 13.8 Å². The molecule has 0 amide bonds. The molecule has 0 radical (unpaired) electrons. The highest BCUT2D eigenvalue weighted by atomic mass is 32.1. The van der Waals surface area contributed by atoms with Crippen LogP contribution in [0.4, 0.5) is 5.69 Å². The number of hydrogen-bond donors (Lipinski definition) is 2. The van der Waals surface area contributed by atoms with Crippen molar-refractivity contribution in [1.82, 2.24) is 0 Å². The van der Waals surface area contributed by atoms with E-state index in [1.807, 2.05) is 42.5 Å². The standard InChI is InChI=1S/C18H19NO4S/c1-3-22-17(20)15(18(21)23-4-2)16(24)19-14-11-7-9-12-8-5-6-10-13(12)14/h5-11,20H,3-4H2,1-2H3,(H,19,24). The SMILES string of the molecule is CCOC(=O)C(C(=S)Nc1cccc2ccccc12)=C(O)OCC. The Balaban J connectivity index is 2.36. The first-order chi connectivity index (χ1) is 11.6. The first-order valence-electron chi connectivity index (χ1n) is 7.60. The number of nitrogens with one attached hydrogen (secondary N) is 1. The van der Waals surface area contributed by atoms with Crippen molar-refractivity contribution in [1.29, 1.82) is 0 Å². The molecule has 0 spiro atoms. The average molecular weight is 345 g/mol. The topological polar surface area (TPSA) is 67.8 Å². The smallest absolute Gasteiger partial charge is 0.348 e. The minimum atomic E-state index is -0.735. The number of ether oxygens (including phenoxy) is 2. The highest BCUT2D eigenvalue weighted by Crippen LogP contribution is 2.24. The van der Waals surface area contributed by atoms with Crippen LogP contribution in [0.1, 0.15) is 13.8 Å². The minimum absolute atomic E-state index is 0.0377. The van der Waals surface area contributed by atoms with Crippen LogP contribution in [0.2, 0.25) is 0 Å². The second kappa shape index (κ2) is 8.31. The van der Waals surface area contributed by atoms with Crippen LogP contribution < -0.4 is 5.32 Å². The molecule has 0 fully saturated rings. The lowest BCUT2D eigenvalue weighted by molar-refractivity contribution is -0.138. The Morgan fingerprint density at radius 2 is 1.75 bits per heavy atom. The lowest BCUT2D eigenvalue weighted by Crippen LogP contribution is -2.23. The fourth-order valence-electron chi connectivity index (χ4n) is 2.21. The molecule has 0 heterocycles. The maximum Gasteiger partial charge on any atom is 0.348 e. The summed E-state index contributed by atoms with van der Waals surface area (Å²) in [5.74, 6) is -1.28. The predicted molar refractivity (Wildman–Crippen MR) is 98.1 cm³/mol. The molecule has 0 saturated carbocycles. The number of aliphatic hydroxyl groups excluding tert-OH is 1. The van der Waals surface area contributed by atoms with Crippen LogP contribution in [0.15, 0.2) is 54.0 Å². The van der Waals surface area contributed by atoms with Gasteiger partial charge in [0, 0.05) is 11.1 Å². The van der Waals surface area contributed by atoms with Crippen molar-refractivity contribution < 1.29 is 19.4 Å². The van der Waals surface area contributed by atoms with Gasteiger partial charge in [0.15, 0.2) is 5.57 Å². The van der Waals surface area contributed by atoms with Crippen LogP contribution in [-0.2, 0) is 14.3 Å². The van der Waals surface area contributed by atoms with E-state index in [2.05, 4.69) is 5.32 Å². The number of esters is 1. The van der Waals surface area contributed by atoms with Crippen molar-refractivity contribution in [2.45, 2.75) is 13.8 Å². The molecule has 2 rings (SSSR count). The van der Waals surface area contributed by atoms with E-state index in [1.165, 1.54) is 0 Å². The Morgan fingerprint density at radius 3 is 2.46 bits per heavy atom. The summed E-state index contributed by atoms with van der Waals surface area (Å²) in [6, 6.07) is 13.5. The molecule has 0 saturated heterocycles. The van der Waals surface area contributed by atoms with Gasteiger partial charge < -0.3 is 19.9 Å². The fourth-order valence-corrected chi connectivity index (χ4v) is 2.49. The summed E-state index contributed by atoms with van der Waals surface area (Å²) in [5.41, 5.74) is 0.533. The second-order valence-electron chi connectivity index (χ2n) is 4.81. The van der Waals surface area contributed by atoms with Crippen molar-refractivity contribution in [3.63, 3.8) is 0 Å². The third-order valence-electron chi connectivity index (χ3n) is 3.24. The first-order valence-corrected chi connectivity index (χ1v) is 8.01. The van der Waals surface area contributed by atoms with Crippen LogP contribution in [0.3, 0.4) is 0 Å². The zero-order chi connectivity index (χ0) is 17.5. The molecule has 2 aromatic carbocycles. The third kappa shape index (κ3) is 4.02. The van der Waals surface area contributed by atoms with Gasteiger partial charge in [0.05, 0.1) is 13.2 Å². The summed E-state index contributed by atoms with van der Waals surface area (Å²) in [7, 11) is 0. The van der Waals surface area contributed by atoms with Crippen LogP contribution in [0.5, 0.6) is 0 Å². The number of rotatable bonds is 6. The quantitative estimate of drug-likeness (QED) is 0.358. The Kier molecular flexibility index (Phi) is 6.14. The zero-order valence-corrected chi connectivity index (χ0v) is 14.4. The molecule has 0 aromatic heterocycles. The normalized spacial score (nSPS) is 11.6. The Hall–Kier alpha value is -2.60. The maximum atomic E-state index is 12.1. The van der Waals surface area contributed by atoms with Crippen molar-refractivity contribution >= 4 is 39.6 Å². The summed E-state index contributed by atoms with van der Waals surface area (Å²) in [6.07, 6.45) is 0. The summed E-state index contributed by atoms with van der Waals surface area (Å²) in [5, 5.41) is 15.0. The molecule has 0 aliphatic carbocycles. The van der Waals surface area contributed by atoms with E-state index in [9.17, 15) is 9.90 Å². The minimum Gasteiger partial charge on any atom is -0.480 e. The number of carbonyl (C=O) groups excluding carboxylic acids is 1. The largest absolute Gasteiger partial charge is 0.480 e. The van der Waals surface area contributed by atoms with E-state index in [0.717, 1.165) is 16.5 Å². The lowest BCUT2D eigenvalue weighted by Gasteiger charge is -2.14. The van der Waals surface area contributed by atoms with Gasteiger partial charge >= 0.3 is 5.97 Å². The van der Waals surface area contributed by atoms with Crippen LogP contribution >= 0.6 is 12.2 Å². The second-order valence-corrected chi connectivity index (χ2v) is 5.22. The molecule has 0 aliphatic rings. The third-order valence-corrected chi connectivity index (χ3v) is 3.55. The summed E-state index contributed by atoms with van der Waals surface area (Å²) in [6.45, 7) is 3.73. The molecule has 6 heteroatoms. The van der Waals surface area contributed by atoms with E-state index < -0.39 is 11.9 Å². The Labute approximate surface area is 145 Å². The lowest BCUT2D eigenvalue weighted by atomic mass is 10.1. The summed E-state index contributed by atoms with van der Waals surface area (Å²) in [4.78, 5) is 12.1. The molecule has 5 nitrogen and oxygen atoms in total. The van der Waals surface area contributed by atoms with Crippen molar-refractivity contribution in [2.75, 3.05) is 18.5 Å². The van der Waals surface area contributed by atoms with Gasteiger partial charge in [-0.1, -0.05) is 48.6 Å². The Morgan fingerprint density at radius 1 is 1.08 bits per heavy atom. The van der Waals surface area contributed by atoms with Crippen LogP contribution in [0.25, 0.3) is 10.8 Å². The number of aliphatic hydroxyl groups is 1. The van der Waals surface area contributed by atoms with Crippen molar-refractivity contribution in [3.05, 3.63) is 54.0 Å². The summed E-state index contributed by atoms with van der Waals surface area (Å²) >= 11 is 5.29. The van der Waals surface area contributed by atoms with Crippen molar-refractivity contribution in [2.24, 2.45) is 0 Å². The molecule has 0 bridgehead atoms. The molecule has 0 aliphatic heterocycles. The number of thiocarbonyl (C=S) groups is 1. The Bertz CT molecular complexity index is 780. The molecular formula is C18H19NO4S. The zero-order valence-electron chi connectivity index (χ0n) is 13.5. The van der Waals surface area contributed by atoms with Crippen LogP contribution in [-0.4, -0.2) is 29.3 Å². The van der Waals surface area contributed by atoms with Gasteiger partial charge in [0.2, 0.25) is 0 Å². The van der Waals surface area contributed by atoms with Gasteiger partial charge in [-0.05, 0) is 25.3 Å². The number of hydrogen-bond acceptors (Lipinski definition) is 5. The average Bonchev–Trinajstić information content (AvgIpc) is 2.56. The van der Waals surface area contributed by atoms with Gasteiger partial charge in [-0.25, -0.2) is 4.79 Å². The van der Waals surface area contributed by atoms with Gasteiger partial charge in [0.25, 0.3) is 5.95 Å². The van der Waals surface area contributed by atoms with E-state index >= 15 is 0 Å². The van der Waals surface area contributed by atoms with E-state index in [4.69, 9.17) is 21.7 Å².